The van der Waals surface area contributed by atoms with E-state index in [1.807, 2.05) is 36.5 Å². The zero-order valence-corrected chi connectivity index (χ0v) is 16.5. The molecule has 0 amide bonds. The van der Waals surface area contributed by atoms with Gasteiger partial charge in [-0.2, -0.15) is 0 Å². The summed E-state index contributed by atoms with van der Waals surface area (Å²) in [6.45, 7) is 2.59. The van der Waals surface area contributed by atoms with Gasteiger partial charge in [-0.25, -0.2) is 0 Å². The van der Waals surface area contributed by atoms with Crippen LogP contribution >= 0.6 is 0 Å². The highest BCUT2D eigenvalue weighted by Gasteiger charge is 2.05. The number of methoxy groups -OCH3 is 1. The lowest BCUT2D eigenvalue weighted by Crippen LogP contribution is -2.17. The molecule has 0 unspecified atom stereocenters. The highest BCUT2D eigenvalue weighted by molar-refractivity contribution is 5.93. The molecular weight excluding hydrogens is 362 g/mol. The van der Waals surface area contributed by atoms with Crippen LogP contribution in [-0.2, 0) is 6.54 Å². The van der Waals surface area contributed by atoms with E-state index in [9.17, 15) is 0 Å². The molecule has 0 saturated heterocycles. The number of anilines is 1. The molecule has 0 atom stereocenters. The van der Waals surface area contributed by atoms with Crippen molar-refractivity contribution in [2.24, 2.45) is 0 Å². The maximum absolute atomic E-state index is 5.32. The van der Waals surface area contributed by atoms with Crippen LogP contribution in [0.3, 0.4) is 0 Å². The summed E-state index contributed by atoms with van der Waals surface area (Å²) in [5.74, 6) is 1.82. The molecule has 5 nitrogen and oxygen atoms in total. The van der Waals surface area contributed by atoms with Gasteiger partial charge in [0, 0.05) is 23.8 Å². The molecule has 2 aromatic heterocycles. The zero-order valence-electron chi connectivity index (χ0n) is 16.5. The second-order valence-electron chi connectivity index (χ2n) is 6.86. The van der Waals surface area contributed by atoms with Crippen LogP contribution in [0.25, 0.3) is 22.0 Å². The van der Waals surface area contributed by atoms with E-state index in [1.165, 1.54) is 0 Å². The fourth-order valence-corrected chi connectivity index (χ4v) is 3.33. The van der Waals surface area contributed by atoms with Crippen molar-refractivity contribution in [3.8, 4) is 16.9 Å². The Kier molecular flexibility index (Phi) is 6.07. The smallest absolute Gasteiger partial charge is 0.118 e. The summed E-state index contributed by atoms with van der Waals surface area (Å²) in [5, 5.41) is 8.06. The molecule has 0 radical (unpaired) electrons. The van der Waals surface area contributed by atoms with Crippen LogP contribution in [0.5, 0.6) is 5.75 Å². The summed E-state index contributed by atoms with van der Waals surface area (Å²) in [5.41, 5.74) is 4.39. The summed E-state index contributed by atoms with van der Waals surface area (Å²) in [7, 11) is 1.68. The van der Waals surface area contributed by atoms with E-state index in [0.717, 1.165) is 65.3 Å². The van der Waals surface area contributed by atoms with Crippen molar-refractivity contribution >= 4 is 16.6 Å². The van der Waals surface area contributed by atoms with Crippen molar-refractivity contribution in [3.05, 3.63) is 78.9 Å². The molecule has 0 aliphatic heterocycles. The van der Waals surface area contributed by atoms with Gasteiger partial charge in [0.2, 0.25) is 0 Å². The van der Waals surface area contributed by atoms with Gasteiger partial charge >= 0.3 is 0 Å². The predicted molar refractivity (Wildman–Crippen MR) is 117 cm³/mol. The van der Waals surface area contributed by atoms with E-state index in [-0.39, 0.29) is 0 Å². The number of aromatic nitrogens is 1. The summed E-state index contributed by atoms with van der Waals surface area (Å²) in [6.07, 6.45) is 4.58. The summed E-state index contributed by atoms with van der Waals surface area (Å²) >= 11 is 0. The van der Waals surface area contributed by atoms with Crippen LogP contribution in [0.4, 0.5) is 5.69 Å². The average Bonchev–Trinajstić information content (AvgIpc) is 3.29. The molecule has 29 heavy (non-hydrogen) atoms. The van der Waals surface area contributed by atoms with Crippen molar-refractivity contribution < 1.29 is 9.15 Å². The first kappa shape index (κ1) is 19.0. The maximum atomic E-state index is 5.32. The van der Waals surface area contributed by atoms with Gasteiger partial charge < -0.3 is 19.8 Å². The monoisotopic (exact) mass is 387 g/mol. The molecule has 0 aliphatic rings. The predicted octanol–water partition coefficient (Wildman–Crippen LogP) is 5.10. The molecular formula is C24H25N3O2. The fourth-order valence-electron chi connectivity index (χ4n) is 3.33. The molecule has 2 N–H and O–H groups in total. The molecule has 2 aromatic carbocycles. The third-order valence-electron chi connectivity index (χ3n) is 4.89. The number of pyridine rings is 1. The van der Waals surface area contributed by atoms with Gasteiger partial charge in [0.1, 0.15) is 11.5 Å². The van der Waals surface area contributed by atoms with Crippen molar-refractivity contribution in [2.75, 3.05) is 25.5 Å². The minimum absolute atomic E-state index is 0.763. The molecule has 0 fully saturated rings. The lowest BCUT2D eigenvalue weighted by molar-refractivity contribution is 0.415. The number of furan rings is 1. The third-order valence-corrected chi connectivity index (χ3v) is 4.89. The average molecular weight is 387 g/mol. The molecule has 4 aromatic rings. The number of hydrogen-bond acceptors (Lipinski definition) is 5. The van der Waals surface area contributed by atoms with Gasteiger partial charge in [-0.05, 0) is 60.5 Å². The van der Waals surface area contributed by atoms with Crippen LogP contribution < -0.4 is 15.4 Å². The largest absolute Gasteiger partial charge is 0.497 e. The second-order valence-corrected chi connectivity index (χ2v) is 6.86. The first-order valence-corrected chi connectivity index (χ1v) is 9.83. The Balaban J connectivity index is 1.37. The highest BCUT2D eigenvalue weighted by atomic mass is 16.5. The van der Waals surface area contributed by atoms with E-state index < -0.39 is 0 Å². The van der Waals surface area contributed by atoms with Gasteiger partial charge in [-0.15, -0.1) is 0 Å². The van der Waals surface area contributed by atoms with Crippen LogP contribution in [0.15, 0.2) is 77.5 Å². The van der Waals surface area contributed by atoms with Crippen LogP contribution in [0, 0.1) is 0 Å². The fraction of sp³-hybridized carbons (Fsp3) is 0.208. The topological polar surface area (TPSA) is 59.3 Å². The molecule has 2 heterocycles. The first-order valence-electron chi connectivity index (χ1n) is 9.83. The zero-order chi connectivity index (χ0) is 19.9. The summed E-state index contributed by atoms with van der Waals surface area (Å²) in [6, 6.07) is 20.4. The van der Waals surface area contributed by atoms with Crippen molar-refractivity contribution in [2.45, 2.75) is 13.0 Å². The minimum Gasteiger partial charge on any atom is -0.497 e. The third kappa shape index (κ3) is 4.76. The van der Waals surface area contributed by atoms with Crippen molar-refractivity contribution in [3.63, 3.8) is 0 Å². The van der Waals surface area contributed by atoms with Crippen molar-refractivity contribution in [1.29, 1.82) is 0 Å². The van der Waals surface area contributed by atoms with Gasteiger partial charge in [0.15, 0.2) is 0 Å². The maximum Gasteiger partial charge on any atom is 0.118 e. The Morgan fingerprint density at radius 3 is 2.62 bits per heavy atom. The Morgan fingerprint density at radius 1 is 0.966 bits per heavy atom. The Labute approximate surface area is 170 Å². The van der Waals surface area contributed by atoms with Crippen LogP contribution in [0.2, 0.25) is 0 Å². The molecule has 5 heteroatoms. The lowest BCUT2D eigenvalue weighted by Gasteiger charge is -2.11. The molecule has 0 aliphatic carbocycles. The Hall–Kier alpha value is -3.31. The van der Waals surface area contributed by atoms with Gasteiger partial charge in [-0.3, -0.25) is 4.98 Å². The number of benzene rings is 2. The minimum atomic E-state index is 0.763. The highest BCUT2D eigenvalue weighted by Crippen LogP contribution is 2.28. The van der Waals surface area contributed by atoms with Gasteiger partial charge in [0.05, 0.1) is 25.4 Å². The Bertz CT molecular complexity index is 1040. The van der Waals surface area contributed by atoms with E-state index >= 15 is 0 Å². The van der Waals surface area contributed by atoms with E-state index in [4.69, 9.17) is 9.15 Å². The van der Waals surface area contributed by atoms with Crippen LogP contribution in [-0.4, -0.2) is 25.2 Å². The van der Waals surface area contributed by atoms with E-state index in [2.05, 4.69) is 45.9 Å². The quantitative estimate of drug-likeness (QED) is 0.392. The molecule has 0 bridgehead atoms. The molecule has 4 rings (SSSR count). The molecule has 0 spiro atoms. The lowest BCUT2D eigenvalue weighted by atomic mass is 10.0. The second kappa shape index (κ2) is 9.26. The summed E-state index contributed by atoms with van der Waals surface area (Å²) in [4.78, 5) is 4.56. The number of nitrogens with zero attached hydrogens (tertiary/aromatic N) is 1. The number of hydrogen-bond donors (Lipinski definition) is 2. The van der Waals surface area contributed by atoms with E-state index in [0.29, 0.717) is 0 Å². The molecule has 148 valence electrons. The molecule has 0 saturated carbocycles. The Morgan fingerprint density at radius 2 is 1.83 bits per heavy atom. The van der Waals surface area contributed by atoms with E-state index in [1.54, 1.807) is 13.4 Å². The number of ether oxygens (including phenoxy) is 1. The summed E-state index contributed by atoms with van der Waals surface area (Å²) < 4.78 is 10.6. The normalized spacial score (nSPS) is 10.9. The number of nitrogens with one attached hydrogen (secondary N) is 2. The standard InChI is InChI=1S/C24H25N3O2/c1-28-20-8-5-18(6-9-20)19-7-10-22-23(11-14-27-24(22)16-19)26-13-3-12-25-17-21-4-2-15-29-21/h2,4-11,14-16,25H,3,12-13,17H2,1H3,(H,26,27). The van der Waals surface area contributed by atoms with Crippen LogP contribution in [0.1, 0.15) is 12.2 Å². The van der Waals surface area contributed by atoms with Gasteiger partial charge in [-0.1, -0.05) is 24.3 Å². The first-order chi connectivity index (χ1) is 14.3. The van der Waals surface area contributed by atoms with Gasteiger partial charge in [0.25, 0.3) is 0 Å². The number of fused-ring (bicyclic) bond motifs is 1. The SMILES string of the molecule is COc1ccc(-c2ccc3c(NCCCNCc4ccco4)ccnc3c2)cc1. The van der Waals surface area contributed by atoms with Crippen molar-refractivity contribution in [1.82, 2.24) is 10.3 Å². The number of rotatable bonds is 9.